The van der Waals surface area contributed by atoms with Crippen LogP contribution in [-0.4, -0.2) is 59.2 Å². The van der Waals surface area contributed by atoms with Gasteiger partial charge < -0.3 is 10.2 Å². The highest BCUT2D eigenvalue weighted by molar-refractivity contribution is 6.05. The third-order valence-corrected chi connectivity index (χ3v) is 6.56. The first-order valence-electron chi connectivity index (χ1n) is 9.81. The third-order valence-electron chi connectivity index (χ3n) is 6.56. The monoisotopic (exact) mass is 368 g/mol. The van der Waals surface area contributed by atoms with Crippen molar-refractivity contribution in [3.63, 3.8) is 0 Å². The SMILES string of the molecule is O=C1CCC(N2Cc3c(CN4CCC5CNC5C4)cccc3C2=O)C(=O)N1. The largest absolute Gasteiger partial charge is 0.322 e. The van der Waals surface area contributed by atoms with Crippen LogP contribution >= 0.6 is 0 Å². The minimum absolute atomic E-state index is 0.0966. The van der Waals surface area contributed by atoms with Crippen molar-refractivity contribution < 1.29 is 14.4 Å². The van der Waals surface area contributed by atoms with Crippen LogP contribution in [0.2, 0.25) is 0 Å². The number of likely N-dealkylation sites (tertiary alicyclic amines) is 1. The Labute approximate surface area is 158 Å². The van der Waals surface area contributed by atoms with Gasteiger partial charge in [-0.3, -0.25) is 24.6 Å². The molecule has 1 aromatic rings. The molecule has 0 radical (unpaired) electrons. The first-order valence-corrected chi connectivity index (χ1v) is 9.81. The lowest BCUT2D eigenvalue weighted by Crippen LogP contribution is -2.61. The lowest BCUT2D eigenvalue weighted by atomic mass is 9.85. The van der Waals surface area contributed by atoms with Crippen molar-refractivity contribution in [2.75, 3.05) is 19.6 Å². The van der Waals surface area contributed by atoms with Gasteiger partial charge in [0, 0.05) is 37.7 Å². The quantitative estimate of drug-likeness (QED) is 0.747. The average Bonchev–Trinajstić information content (AvgIpc) is 2.95. The summed E-state index contributed by atoms with van der Waals surface area (Å²) in [5.74, 6) is 0.120. The molecular formula is C20H24N4O3. The van der Waals surface area contributed by atoms with E-state index < -0.39 is 6.04 Å². The smallest absolute Gasteiger partial charge is 0.255 e. The summed E-state index contributed by atoms with van der Waals surface area (Å²) < 4.78 is 0. The summed E-state index contributed by atoms with van der Waals surface area (Å²) in [5.41, 5.74) is 2.91. The van der Waals surface area contributed by atoms with Gasteiger partial charge in [0.1, 0.15) is 6.04 Å². The van der Waals surface area contributed by atoms with Crippen molar-refractivity contribution in [3.05, 3.63) is 34.9 Å². The van der Waals surface area contributed by atoms with Crippen LogP contribution in [0.3, 0.4) is 0 Å². The molecule has 27 heavy (non-hydrogen) atoms. The second-order valence-electron chi connectivity index (χ2n) is 8.14. The number of nitrogens with zero attached hydrogens (tertiary/aromatic N) is 2. The van der Waals surface area contributed by atoms with Gasteiger partial charge in [-0.05, 0) is 49.0 Å². The molecule has 3 unspecified atom stereocenters. The number of benzene rings is 1. The molecule has 0 bridgehead atoms. The molecule has 3 amide bonds. The van der Waals surface area contributed by atoms with E-state index >= 15 is 0 Å². The molecule has 4 heterocycles. The van der Waals surface area contributed by atoms with Gasteiger partial charge in [0.15, 0.2) is 0 Å². The van der Waals surface area contributed by atoms with Crippen LogP contribution in [0.15, 0.2) is 18.2 Å². The fourth-order valence-electron chi connectivity index (χ4n) is 4.87. The van der Waals surface area contributed by atoms with Crippen LogP contribution in [0.5, 0.6) is 0 Å². The van der Waals surface area contributed by atoms with E-state index in [2.05, 4.69) is 21.6 Å². The number of hydrogen-bond donors (Lipinski definition) is 2. The second-order valence-corrected chi connectivity index (χ2v) is 8.14. The molecular weight excluding hydrogens is 344 g/mol. The molecule has 1 aromatic carbocycles. The third kappa shape index (κ3) is 2.85. The Hall–Kier alpha value is -2.25. The van der Waals surface area contributed by atoms with Crippen molar-refractivity contribution in [3.8, 4) is 0 Å². The molecule has 5 rings (SSSR count). The minimum Gasteiger partial charge on any atom is -0.322 e. The minimum atomic E-state index is -0.551. The van der Waals surface area contributed by atoms with Crippen LogP contribution in [0.4, 0.5) is 0 Å². The van der Waals surface area contributed by atoms with Crippen LogP contribution in [0.1, 0.15) is 40.7 Å². The zero-order valence-corrected chi connectivity index (χ0v) is 15.2. The Morgan fingerprint density at radius 1 is 1.15 bits per heavy atom. The van der Waals surface area contributed by atoms with Gasteiger partial charge in [-0.15, -0.1) is 0 Å². The molecule has 3 atom stereocenters. The fraction of sp³-hybridized carbons (Fsp3) is 0.550. The highest BCUT2D eigenvalue weighted by Crippen LogP contribution is 2.31. The number of carbonyl (C=O) groups excluding carboxylic acids is 3. The maximum Gasteiger partial charge on any atom is 0.255 e. The Kier molecular flexibility index (Phi) is 4.02. The van der Waals surface area contributed by atoms with Gasteiger partial charge in [-0.2, -0.15) is 0 Å². The molecule has 2 N–H and O–H groups in total. The number of nitrogens with one attached hydrogen (secondary N) is 2. The predicted octanol–water partition coefficient (Wildman–Crippen LogP) is 0.241. The van der Waals surface area contributed by atoms with Crippen molar-refractivity contribution in [1.29, 1.82) is 0 Å². The van der Waals surface area contributed by atoms with Crippen molar-refractivity contribution in [1.82, 2.24) is 20.4 Å². The predicted molar refractivity (Wildman–Crippen MR) is 97.7 cm³/mol. The molecule has 3 fully saturated rings. The van der Waals surface area contributed by atoms with Crippen molar-refractivity contribution in [2.24, 2.45) is 5.92 Å². The molecule has 0 aromatic heterocycles. The Balaban J connectivity index is 1.34. The second kappa shape index (κ2) is 6.42. The van der Waals surface area contributed by atoms with Gasteiger partial charge in [0.2, 0.25) is 11.8 Å². The van der Waals surface area contributed by atoms with E-state index in [0.717, 1.165) is 37.7 Å². The van der Waals surface area contributed by atoms with E-state index in [1.54, 1.807) is 4.90 Å². The van der Waals surface area contributed by atoms with E-state index in [4.69, 9.17) is 0 Å². The zero-order chi connectivity index (χ0) is 18.5. The fourth-order valence-corrected chi connectivity index (χ4v) is 4.87. The average molecular weight is 368 g/mol. The Bertz CT molecular complexity index is 823. The number of rotatable bonds is 3. The Morgan fingerprint density at radius 3 is 2.78 bits per heavy atom. The summed E-state index contributed by atoms with van der Waals surface area (Å²) in [5, 5.41) is 5.87. The lowest BCUT2D eigenvalue weighted by molar-refractivity contribution is -0.136. The molecule has 4 aliphatic rings. The maximum absolute atomic E-state index is 12.9. The van der Waals surface area contributed by atoms with E-state index in [-0.39, 0.29) is 24.1 Å². The van der Waals surface area contributed by atoms with Gasteiger partial charge >= 0.3 is 0 Å². The van der Waals surface area contributed by atoms with E-state index in [1.165, 1.54) is 12.0 Å². The highest BCUT2D eigenvalue weighted by atomic mass is 16.2. The molecule has 0 spiro atoms. The van der Waals surface area contributed by atoms with Gasteiger partial charge in [0.25, 0.3) is 5.91 Å². The Morgan fingerprint density at radius 2 is 2.04 bits per heavy atom. The molecule has 3 saturated heterocycles. The number of imide groups is 1. The summed E-state index contributed by atoms with van der Waals surface area (Å²) in [6.07, 6.45) is 1.92. The summed E-state index contributed by atoms with van der Waals surface area (Å²) in [4.78, 5) is 40.6. The number of carbonyl (C=O) groups is 3. The van der Waals surface area contributed by atoms with Crippen LogP contribution in [0.25, 0.3) is 0 Å². The van der Waals surface area contributed by atoms with Gasteiger partial charge in [-0.1, -0.05) is 12.1 Å². The normalized spacial score (nSPS) is 30.6. The molecule has 7 heteroatoms. The summed E-state index contributed by atoms with van der Waals surface area (Å²) in [6, 6.07) is 5.95. The van der Waals surface area contributed by atoms with Gasteiger partial charge in [-0.25, -0.2) is 0 Å². The molecule has 7 nitrogen and oxygen atoms in total. The number of amides is 3. The first kappa shape index (κ1) is 16.9. The molecule has 0 aliphatic carbocycles. The number of fused-ring (bicyclic) bond motifs is 2. The van der Waals surface area contributed by atoms with Crippen LogP contribution in [-0.2, 0) is 22.7 Å². The highest BCUT2D eigenvalue weighted by Gasteiger charge is 2.40. The molecule has 0 saturated carbocycles. The van der Waals surface area contributed by atoms with Crippen LogP contribution < -0.4 is 10.6 Å². The van der Waals surface area contributed by atoms with E-state index in [9.17, 15) is 14.4 Å². The lowest BCUT2D eigenvalue weighted by Gasteiger charge is -2.46. The summed E-state index contributed by atoms with van der Waals surface area (Å²) in [7, 11) is 0. The van der Waals surface area contributed by atoms with E-state index in [0.29, 0.717) is 24.6 Å². The van der Waals surface area contributed by atoms with Crippen molar-refractivity contribution in [2.45, 2.75) is 44.4 Å². The zero-order valence-electron chi connectivity index (χ0n) is 15.2. The first-order chi connectivity index (χ1) is 13.1. The molecule has 4 aliphatic heterocycles. The van der Waals surface area contributed by atoms with E-state index in [1.807, 2.05) is 12.1 Å². The topological polar surface area (TPSA) is 81.8 Å². The number of hydrogen-bond acceptors (Lipinski definition) is 5. The van der Waals surface area contributed by atoms with Crippen LogP contribution in [0, 0.1) is 5.92 Å². The van der Waals surface area contributed by atoms with Crippen molar-refractivity contribution >= 4 is 17.7 Å². The standard InChI is InChI=1S/C20H24N4O3/c25-18-5-4-17(19(26)22-18)24-10-15-13(2-1-3-14(15)20(24)27)9-23-7-6-12-8-21-16(12)11-23/h1-3,12,16-17,21H,4-11H2,(H,22,25,26). The van der Waals surface area contributed by atoms with Gasteiger partial charge in [0.05, 0.1) is 0 Å². The number of piperidine rings is 2. The molecule has 142 valence electrons. The summed E-state index contributed by atoms with van der Waals surface area (Å²) >= 11 is 0. The summed E-state index contributed by atoms with van der Waals surface area (Å²) in [6.45, 7) is 4.59. The maximum atomic E-state index is 12.9.